The van der Waals surface area contributed by atoms with Crippen LogP contribution in [0.1, 0.15) is 6.42 Å². The Hall–Kier alpha value is -1.03. The highest BCUT2D eigenvalue weighted by Gasteiger charge is 1.95. The number of rotatable bonds is 2. The van der Waals surface area contributed by atoms with E-state index in [9.17, 15) is 0 Å². The Kier molecular flexibility index (Phi) is 2.09. The number of nitrogens with one attached hydrogen (secondary N) is 1. The summed E-state index contributed by atoms with van der Waals surface area (Å²) < 4.78 is 0. The lowest BCUT2D eigenvalue weighted by Gasteiger charge is -2.05. The molecule has 50 valence electrons. The molecule has 0 spiro atoms. The first kappa shape index (κ1) is 6.10. The average Bonchev–Trinajstić information content (AvgIpc) is 1.91. The highest BCUT2D eigenvalue weighted by Crippen LogP contribution is 1.91. The lowest BCUT2D eigenvalue weighted by molar-refractivity contribution is 0.135. The van der Waals surface area contributed by atoms with Gasteiger partial charge in [0.1, 0.15) is 6.26 Å². The Bertz CT molecular complexity index is 141. The summed E-state index contributed by atoms with van der Waals surface area (Å²) in [6, 6.07) is 0. The van der Waals surface area contributed by atoms with Crippen molar-refractivity contribution in [2.75, 3.05) is 6.54 Å². The van der Waals surface area contributed by atoms with Crippen LogP contribution in [0.4, 0.5) is 0 Å². The summed E-state index contributed by atoms with van der Waals surface area (Å²) in [4.78, 5) is 4.59. The standard InChI is InChI=1S/C5H9N3O/c6-3-1-5-2-4-9-8-7-5/h2,4,8H,1,3,6H2. The third-order valence-corrected chi connectivity index (χ3v) is 0.971. The molecule has 0 aliphatic carbocycles. The Labute approximate surface area is 53.3 Å². The molecule has 0 aromatic heterocycles. The molecule has 0 fully saturated rings. The monoisotopic (exact) mass is 127 g/mol. The molecule has 0 atom stereocenters. The van der Waals surface area contributed by atoms with Gasteiger partial charge in [0.2, 0.25) is 0 Å². The van der Waals surface area contributed by atoms with Gasteiger partial charge in [-0.3, -0.25) is 0 Å². The molecule has 4 heteroatoms. The largest absolute Gasteiger partial charge is 0.373 e. The summed E-state index contributed by atoms with van der Waals surface area (Å²) in [5, 5.41) is 3.80. The van der Waals surface area contributed by atoms with Crippen molar-refractivity contribution in [3.8, 4) is 0 Å². The van der Waals surface area contributed by atoms with Crippen molar-refractivity contribution in [2.24, 2.45) is 10.8 Å². The van der Waals surface area contributed by atoms with Gasteiger partial charge in [-0.05, 0) is 12.6 Å². The molecule has 1 aliphatic rings. The number of nitrogens with two attached hydrogens (primary N) is 1. The summed E-state index contributed by atoms with van der Waals surface area (Å²) in [7, 11) is 0. The Morgan fingerprint density at radius 1 is 1.78 bits per heavy atom. The van der Waals surface area contributed by atoms with Crippen LogP contribution in [0.25, 0.3) is 0 Å². The van der Waals surface area contributed by atoms with Gasteiger partial charge in [-0.1, -0.05) is 0 Å². The zero-order chi connectivity index (χ0) is 6.53. The predicted octanol–water partition coefficient (Wildman–Crippen LogP) is -0.260. The molecule has 1 rings (SSSR count). The first-order chi connectivity index (χ1) is 4.43. The predicted molar refractivity (Wildman–Crippen MR) is 34.5 cm³/mol. The third kappa shape index (κ3) is 1.73. The molecule has 0 saturated heterocycles. The number of allylic oxidation sites excluding steroid dienone is 1. The van der Waals surface area contributed by atoms with Gasteiger partial charge in [-0.2, -0.15) is 0 Å². The van der Waals surface area contributed by atoms with Gasteiger partial charge in [0.05, 0.1) is 5.71 Å². The number of nitrogens with zero attached hydrogens (tertiary/aromatic N) is 1. The Morgan fingerprint density at radius 2 is 2.67 bits per heavy atom. The average molecular weight is 127 g/mol. The van der Waals surface area contributed by atoms with Crippen molar-refractivity contribution in [3.05, 3.63) is 12.3 Å². The normalized spacial score (nSPS) is 15.9. The van der Waals surface area contributed by atoms with Gasteiger partial charge >= 0.3 is 0 Å². The van der Waals surface area contributed by atoms with Gasteiger partial charge in [0.25, 0.3) is 0 Å². The lowest BCUT2D eigenvalue weighted by atomic mass is 10.3. The minimum absolute atomic E-state index is 0.616. The smallest absolute Gasteiger partial charge is 0.123 e. The fourth-order valence-corrected chi connectivity index (χ4v) is 0.552. The van der Waals surface area contributed by atoms with E-state index in [4.69, 9.17) is 5.73 Å². The van der Waals surface area contributed by atoms with Crippen LogP contribution in [0.2, 0.25) is 0 Å². The zero-order valence-corrected chi connectivity index (χ0v) is 5.00. The summed E-state index contributed by atoms with van der Waals surface area (Å²) in [6.45, 7) is 0.616. The molecule has 4 nitrogen and oxygen atoms in total. The van der Waals surface area contributed by atoms with Crippen molar-refractivity contribution < 1.29 is 4.84 Å². The van der Waals surface area contributed by atoms with Crippen molar-refractivity contribution in [1.29, 1.82) is 0 Å². The van der Waals surface area contributed by atoms with Gasteiger partial charge in [-0.25, -0.2) is 0 Å². The maximum absolute atomic E-state index is 5.28. The molecular formula is C5H9N3O. The van der Waals surface area contributed by atoms with Crippen LogP contribution in [-0.4, -0.2) is 12.3 Å². The zero-order valence-electron chi connectivity index (χ0n) is 5.00. The van der Waals surface area contributed by atoms with Crippen molar-refractivity contribution in [2.45, 2.75) is 6.42 Å². The van der Waals surface area contributed by atoms with E-state index in [1.165, 1.54) is 6.26 Å². The second-order valence-corrected chi connectivity index (χ2v) is 1.65. The topological polar surface area (TPSA) is 59.6 Å². The van der Waals surface area contributed by atoms with Crippen molar-refractivity contribution in [3.63, 3.8) is 0 Å². The Balaban J connectivity index is 2.38. The summed E-state index contributed by atoms with van der Waals surface area (Å²) in [6.07, 6.45) is 4.11. The molecule has 0 radical (unpaired) electrons. The molecule has 9 heavy (non-hydrogen) atoms. The van der Waals surface area contributed by atoms with E-state index in [2.05, 4.69) is 15.5 Å². The molecule has 1 aliphatic heterocycles. The lowest BCUT2D eigenvalue weighted by Crippen LogP contribution is -2.14. The molecule has 0 aromatic rings. The quantitative estimate of drug-likeness (QED) is 0.537. The van der Waals surface area contributed by atoms with E-state index in [0.717, 1.165) is 12.1 Å². The fraction of sp³-hybridized carbons (Fsp3) is 0.400. The summed E-state index contributed by atoms with van der Waals surface area (Å²) >= 11 is 0. The van der Waals surface area contributed by atoms with Crippen LogP contribution in [-0.2, 0) is 4.84 Å². The minimum atomic E-state index is 0.616. The van der Waals surface area contributed by atoms with E-state index >= 15 is 0 Å². The van der Waals surface area contributed by atoms with E-state index in [0.29, 0.717) is 6.54 Å². The molecular weight excluding hydrogens is 118 g/mol. The van der Waals surface area contributed by atoms with Gasteiger partial charge in [0, 0.05) is 6.42 Å². The molecule has 0 unspecified atom stereocenters. The minimum Gasteiger partial charge on any atom is -0.373 e. The van der Waals surface area contributed by atoms with Crippen molar-refractivity contribution >= 4 is 5.71 Å². The van der Waals surface area contributed by atoms with E-state index in [1.54, 1.807) is 6.08 Å². The van der Waals surface area contributed by atoms with Gasteiger partial charge in [0.15, 0.2) is 0 Å². The van der Waals surface area contributed by atoms with Gasteiger partial charge < -0.3 is 10.6 Å². The van der Waals surface area contributed by atoms with E-state index in [-0.39, 0.29) is 0 Å². The second-order valence-electron chi connectivity index (χ2n) is 1.65. The van der Waals surface area contributed by atoms with Crippen LogP contribution >= 0.6 is 0 Å². The molecule has 0 amide bonds. The van der Waals surface area contributed by atoms with Crippen LogP contribution in [0, 0.1) is 0 Å². The molecule has 0 aromatic carbocycles. The van der Waals surface area contributed by atoms with Crippen LogP contribution in [0.15, 0.2) is 17.4 Å². The number of hydrogen-bond acceptors (Lipinski definition) is 4. The third-order valence-electron chi connectivity index (χ3n) is 0.971. The summed E-state index contributed by atoms with van der Waals surface area (Å²) in [5.74, 6) is 0. The number of hydrazone groups is 1. The molecule has 0 bridgehead atoms. The molecule has 3 N–H and O–H groups in total. The Morgan fingerprint density at radius 3 is 3.22 bits per heavy atom. The van der Waals surface area contributed by atoms with Gasteiger partial charge in [-0.15, -0.1) is 10.7 Å². The summed E-state index contributed by atoms with van der Waals surface area (Å²) in [5.41, 5.74) is 8.56. The highest BCUT2D eigenvalue weighted by atomic mass is 16.7. The maximum Gasteiger partial charge on any atom is 0.123 e. The highest BCUT2D eigenvalue weighted by molar-refractivity contribution is 5.94. The van der Waals surface area contributed by atoms with E-state index < -0.39 is 0 Å². The number of hydrogen-bond donors (Lipinski definition) is 2. The first-order valence-electron chi connectivity index (χ1n) is 2.77. The fourth-order valence-electron chi connectivity index (χ4n) is 0.552. The first-order valence-corrected chi connectivity index (χ1v) is 2.77. The van der Waals surface area contributed by atoms with Crippen LogP contribution in [0.3, 0.4) is 0 Å². The van der Waals surface area contributed by atoms with Crippen LogP contribution < -0.4 is 11.3 Å². The second kappa shape index (κ2) is 3.09. The van der Waals surface area contributed by atoms with E-state index in [1.807, 2.05) is 0 Å². The van der Waals surface area contributed by atoms with Crippen molar-refractivity contribution in [1.82, 2.24) is 5.59 Å². The van der Waals surface area contributed by atoms with Crippen LogP contribution in [0.5, 0.6) is 0 Å². The molecule has 0 saturated carbocycles. The SMILES string of the molecule is NCCC1=NNOC=C1. The molecule has 1 heterocycles. The maximum atomic E-state index is 5.28.